The number of nitrogens with zero attached hydrogens (tertiary/aromatic N) is 1. The molecule has 0 radical (unpaired) electrons. The number of carbonyl (C=O) groups excluding carboxylic acids is 1. The Morgan fingerprint density at radius 3 is 2.10 bits per heavy atom. The van der Waals surface area contributed by atoms with Crippen LogP contribution in [0.3, 0.4) is 0 Å². The molecule has 0 aromatic carbocycles. The standard InChI is InChI=1S/C17H26N2O/c1-10(19-16(20)17(2,3)9-18)15-13-5-11-4-12(7-13)8-14(15)6-11/h10-15H,4-8H2,1-3H3,(H,19,20). The summed E-state index contributed by atoms with van der Waals surface area (Å²) in [7, 11) is 0. The van der Waals surface area contributed by atoms with E-state index in [0.29, 0.717) is 5.92 Å². The summed E-state index contributed by atoms with van der Waals surface area (Å²) in [6.45, 7) is 5.55. The van der Waals surface area contributed by atoms with Crippen LogP contribution in [0, 0.1) is 46.3 Å². The lowest BCUT2D eigenvalue weighted by Gasteiger charge is -2.56. The van der Waals surface area contributed by atoms with E-state index in [9.17, 15) is 4.79 Å². The Labute approximate surface area is 122 Å². The van der Waals surface area contributed by atoms with Gasteiger partial charge in [-0.3, -0.25) is 4.79 Å². The van der Waals surface area contributed by atoms with Crippen LogP contribution in [0.25, 0.3) is 0 Å². The summed E-state index contributed by atoms with van der Waals surface area (Å²) < 4.78 is 0. The first-order chi connectivity index (χ1) is 9.40. The normalized spacial score (nSPS) is 40.2. The summed E-state index contributed by atoms with van der Waals surface area (Å²) in [6.07, 6.45) is 6.96. The van der Waals surface area contributed by atoms with Crippen LogP contribution in [0.1, 0.15) is 52.9 Å². The Bertz CT molecular complexity index is 420. The molecule has 0 spiro atoms. The van der Waals surface area contributed by atoms with Crippen LogP contribution in [0.4, 0.5) is 0 Å². The average Bonchev–Trinajstić information content (AvgIpc) is 2.37. The minimum Gasteiger partial charge on any atom is -0.352 e. The molecule has 4 fully saturated rings. The second-order valence-corrected chi connectivity index (χ2v) is 8.01. The third-order valence-corrected chi connectivity index (χ3v) is 6.08. The average molecular weight is 274 g/mol. The smallest absolute Gasteiger partial charge is 0.240 e. The summed E-state index contributed by atoms with van der Waals surface area (Å²) in [6, 6.07) is 2.31. The fraction of sp³-hybridized carbons (Fsp3) is 0.882. The van der Waals surface area contributed by atoms with Crippen molar-refractivity contribution in [1.29, 1.82) is 5.26 Å². The highest BCUT2D eigenvalue weighted by Crippen LogP contribution is 2.57. The second kappa shape index (κ2) is 4.76. The van der Waals surface area contributed by atoms with E-state index in [1.165, 1.54) is 32.1 Å². The van der Waals surface area contributed by atoms with Crippen LogP contribution in [0.2, 0.25) is 0 Å². The van der Waals surface area contributed by atoms with E-state index in [1.807, 2.05) is 0 Å². The lowest BCUT2D eigenvalue weighted by molar-refractivity contribution is -0.129. The van der Waals surface area contributed by atoms with E-state index >= 15 is 0 Å². The summed E-state index contributed by atoms with van der Waals surface area (Å²) in [4.78, 5) is 12.2. The molecule has 1 amide bonds. The molecule has 3 nitrogen and oxygen atoms in total. The third-order valence-electron chi connectivity index (χ3n) is 6.08. The Morgan fingerprint density at radius 2 is 1.65 bits per heavy atom. The number of nitrogens with one attached hydrogen (secondary N) is 1. The van der Waals surface area contributed by atoms with Crippen molar-refractivity contribution < 1.29 is 4.79 Å². The molecule has 20 heavy (non-hydrogen) atoms. The van der Waals surface area contributed by atoms with Crippen molar-refractivity contribution in [2.45, 2.75) is 58.9 Å². The van der Waals surface area contributed by atoms with E-state index < -0.39 is 5.41 Å². The van der Waals surface area contributed by atoms with Crippen molar-refractivity contribution in [3.8, 4) is 6.07 Å². The first-order valence-electron chi connectivity index (χ1n) is 8.13. The van der Waals surface area contributed by atoms with Crippen LogP contribution < -0.4 is 5.32 Å². The summed E-state index contributed by atoms with van der Waals surface area (Å²) in [5.74, 6) is 4.08. The van der Waals surface area contributed by atoms with Gasteiger partial charge < -0.3 is 5.32 Å². The van der Waals surface area contributed by atoms with Gasteiger partial charge in [-0.15, -0.1) is 0 Å². The molecule has 4 aliphatic carbocycles. The fourth-order valence-corrected chi connectivity index (χ4v) is 5.32. The molecule has 4 bridgehead atoms. The third kappa shape index (κ3) is 2.24. The van der Waals surface area contributed by atoms with Gasteiger partial charge in [0.2, 0.25) is 5.91 Å². The quantitative estimate of drug-likeness (QED) is 0.859. The molecule has 0 heterocycles. The zero-order chi connectivity index (χ0) is 14.5. The maximum absolute atomic E-state index is 12.2. The number of carbonyl (C=O) groups is 1. The highest BCUT2D eigenvalue weighted by Gasteiger charge is 2.50. The highest BCUT2D eigenvalue weighted by atomic mass is 16.2. The molecule has 3 heteroatoms. The number of hydrogen-bond donors (Lipinski definition) is 1. The van der Waals surface area contributed by atoms with Gasteiger partial charge in [0.1, 0.15) is 5.41 Å². The number of nitriles is 1. The second-order valence-electron chi connectivity index (χ2n) is 8.01. The van der Waals surface area contributed by atoms with E-state index in [1.54, 1.807) is 13.8 Å². The molecule has 0 aromatic rings. The Hall–Kier alpha value is -1.04. The zero-order valence-electron chi connectivity index (χ0n) is 12.9. The Morgan fingerprint density at radius 1 is 1.15 bits per heavy atom. The molecule has 0 aliphatic heterocycles. The lowest BCUT2D eigenvalue weighted by Crippen LogP contribution is -2.54. The molecular weight excluding hydrogens is 248 g/mol. The van der Waals surface area contributed by atoms with E-state index in [2.05, 4.69) is 18.3 Å². The molecule has 4 saturated carbocycles. The van der Waals surface area contributed by atoms with Crippen LogP contribution in [-0.4, -0.2) is 11.9 Å². The van der Waals surface area contributed by atoms with Gasteiger partial charge in [0, 0.05) is 6.04 Å². The van der Waals surface area contributed by atoms with Crippen molar-refractivity contribution >= 4 is 5.91 Å². The molecule has 110 valence electrons. The van der Waals surface area contributed by atoms with E-state index in [-0.39, 0.29) is 11.9 Å². The van der Waals surface area contributed by atoms with E-state index in [4.69, 9.17) is 5.26 Å². The van der Waals surface area contributed by atoms with Crippen LogP contribution in [-0.2, 0) is 4.79 Å². The first-order valence-corrected chi connectivity index (χ1v) is 8.13. The van der Waals surface area contributed by atoms with Crippen LogP contribution >= 0.6 is 0 Å². The Balaban J connectivity index is 1.68. The molecule has 4 aliphatic rings. The molecule has 0 saturated heterocycles. The minimum atomic E-state index is -0.916. The molecule has 4 rings (SSSR count). The van der Waals surface area contributed by atoms with Gasteiger partial charge in [0.05, 0.1) is 6.07 Å². The topological polar surface area (TPSA) is 52.9 Å². The van der Waals surface area contributed by atoms with Crippen molar-refractivity contribution in [2.75, 3.05) is 0 Å². The van der Waals surface area contributed by atoms with Crippen molar-refractivity contribution in [1.82, 2.24) is 5.32 Å². The van der Waals surface area contributed by atoms with Crippen LogP contribution in [0.15, 0.2) is 0 Å². The molecule has 1 atom stereocenters. The molecular formula is C17H26N2O. The van der Waals surface area contributed by atoms with Gasteiger partial charge >= 0.3 is 0 Å². The van der Waals surface area contributed by atoms with Crippen molar-refractivity contribution in [3.05, 3.63) is 0 Å². The Kier molecular flexibility index (Phi) is 3.31. The first kappa shape index (κ1) is 13.9. The van der Waals surface area contributed by atoms with Gasteiger partial charge in [0.25, 0.3) is 0 Å². The predicted octanol–water partition coefficient (Wildman–Crippen LogP) is 3.11. The maximum atomic E-state index is 12.2. The van der Waals surface area contributed by atoms with Crippen molar-refractivity contribution in [3.63, 3.8) is 0 Å². The van der Waals surface area contributed by atoms with Gasteiger partial charge in [0.15, 0.2) is 0 Å². The van der Waals surface area contributed by atoms with Crippen molar-refractivity contribution in [2.24, 2.45) is 35.0 Å². The predicted molar refractivity (Wildman–Crippen MR) is 77.5 cm³/mol. The fourth-order valence-electron chi connectivity index (χ4n) is 5.32. The van der Waals surface area contributed by atoms with Gasteiger partial charge in [-0.1, -0.05) is 0 Å². The summed E-state index contributed by atoms with van der Waals surface area (Å²) in [5, 5.41) is 12.2. The van der Waals surface area contributed by atoms with Gasteiger partial charge in [-0.25, -0.2) is 0 Å². The summed E-state index contributed by atoms with van der Waals surface area (Å²) in [5.41, 5.74) is -0.916. The molecule has 1 N–H and O–H groups in total. The van der Waals surface area contributed by atoms with E-state index in [0.717, 1.165) is 23.7 Å². The number of amides is 1. The molecule has 1 unspecified atom stereocenters. The van der Waals surface area contributed by atoms with Gasteiger partial charge in [-0.05, 0) is 82.5 Å². The lowest BCUT2D eigenvalue weighted by atomic mass is 9.50. The minimum absolute atomic E-state index is 0.110. The van der Waals surface area contributed by atoms with Crippen LogP contribution in [0.5, 0.6) is 0 Å². The monoisotopic (exact) mass is 274 g/mol. The SMILES string of the molecule is CC(NC(=O)C(C)(C)C#N)C1C2CC3CC(C2)CC1C3. The summed E-state index contributed by atoms with van der Waals surface area (Å²) >= 11 is 0. The number of hydrogen-bond acceptors (Lipinski definition) is 2. The number of rotatable bonds is 3. The van der Waals surface area contributed by atoms with Gasteiger partial charge in [-0.2, -0.15) is 5.26 Å². The highest BCUT2D eigenvalue weighted by molar-refractivity contribution is 5.84. The molecule has 0 aromatic heterocycles. The maximum Gasteiger partial charge on any atom is 0.240 e. The largest absolute Gasteiger partial charge is 0.352 e. The zero-order valence-corrected chi connectivity index (χ0v) is 12.9.